The molecule has 9 nitrogen and oxygen atoms in total. The minimum absolute atomic E-state index is 0.0104. The molecule has 0 fully saturated rings. The molecule has 2 aromatic heterocycles. The van der Waals surface area contributed by atoms with E-state index in [-0.39, 0.29) is 40.3 Å². The second-order valence-corrected chi connectivity index (χ2v) is 7.84. The second-order valence-electron chi connectivity index (χ2n) is 7.84. The minimum Gasteiger partial charge on any atom is -0.495 e. The Balaban J connectivity index is 1.90. The van der Waals surface area contributed by atoms with Crippen LogP contribution < -0.4 is 21.1 Å². The van der Waals surface area contributed by atoms with E-state index >= 15 is 0 Å². The highest BCUT2D eigenvalue weighted by Crippen LogP contribution is 2.37. The minimum atomic E-state index is -0.943. The monoisotopic (exact) mass is 462 g/mol. The number of nitrogens with zero attached hydrogens (tertiary/aromatic N) is 4. The molecule has 0 atom stereocenters. The fourth-order valence-corrected chi connectivity index (χ4v) is 3.84. The third-order valence-electron chi connectivity index (χ3n) is 5.44. The fraction of sp³-hybridized carbons (Fsp3) is 0.167. The van der Waals surface area contributed by atoms with E-state index in [2.05, 4.69) is 9.97 Å². The maximum absolute atomic E-state index is 14.6. The first-order valence-electron chi connectivity index (χ1n) is 10.4. The Kier molecular flexibility index (Phi) is 5.89. The molecule has 2 amide bonds. The van der Waals surface area contributed by atoms with Crippen LogP contribution in [0.4, 0.5) is 26.4 Å². The molecule has 4 N–H and O–H groups in total. The highest BCUT2D eigenvalue weighted by atomic mass is 19.1. The molecule has 10 heteroatoms. The number of ketones is 1. The lowest BCUT2D eigenvalue weighted by molar-refractivity contribution is 0.104. The van der Waals surface area contributed by atoms with Crippen LogP contribution in [0.1, 0.15) is 35.8 Å². The van der Waals surface area contributed by atoms with Crippen LogP contribution in [-0.4, -0.2) is 33.5 Å². The molecule has 4 rings (SSSR count). The molecule has 0 spiro atoms. The lowest BCUT2D eigenvalue weighted by Gasteiger charge is -2.23. The summed E-state index contributed by atoms with van der Waals surface area (Å²) >= 11 is 0. The van der Waals surface area contributed by atoms with Gasteiger partial charge in [-0.1, -0.05) is 12.1 Å². The van der Waals surface area contributed by atoms with Gasteiger partial charge in [0.1, 0.15) is 29.4 Å². The van der Waals surface area contributed by atoms with E-state index in [0.717, 1.165) is 4.90 Å². The van der Waals surface area contributed by atoms with Crippen LogP contribution >= 0.6 is 0 Å². The smallest absolute Gasteiger partial charge is 0.324 e. The summed E-state index contributed by atoms with van der Waals surface area (Å²) in [5.41, 5.74) is 12.8. The van der Waals surface area contributed by atoms with Crippen molar-refractivity contribution in [2.75, 3.05) is 17.7 Å². The Morgan fingerprint density at radius 2 is 1.85 bits per heavy atom. The quantitative estimate of drug-likeness (QED) is 0.413. The molecule has 4 aromatic rings. The summed E-state index contributed by atoms with van der Waals surface area (Å²) in [6, 6.07) is 9.23. The van der Waals surface area contributed by atoms with Gasteiger partial charge in [-0.25, -0.2) is 19.2 Å². The summed E-state index contributed by atoms with van der Waals surface area (Å²) in [6.45, 7) is 3.91. The number of urea groups is 1. The van der Waals surface area contributed by atoms with E-state index in [9.17, 15) is 14.0 Å². The number of hydrogen-bond acceptors (Lipinski definition) is 6. The highest BCUT2D eigenvalue weighted by molar-refractivity contribution is 6.18. The molecule has 0 radical (unpaired) electrons. The van der Waals surface area contributed by atoms with Gasteiger partial charge in [-0.15, -0.1) is 0 Å². The molecular formula is C24H23FN6O3. The number of halogens is 1. The molecule has 34 heavy (non-hydrogen) atoms. The molecule has 174 valence electrons. The topological polar surface area (TPSA) is 129 Å². The molecule has 0 aliphatic rings. The van der Waals surface area contributed by atoms with Crippen molar-refractivity contribution in [2.45, 2.75) is 19.9 Å². The van der Waals surface area contributed by atoms with Gasteiger partial charge >= 0.3 is 6.03 Å². The number of benzene rings is 2. The van der Waals surface area contributed by atoms with Gasteiger partial charge in [0.2, 0.25) is 0 Å². The summed E-state index contributed by atoms with van der Waals surface area (Å²) in [7, 11) is 1.40. The van der Waals surface area contributed by atoms with E-state index in [0.29, 0.717) is 16.6 Å². The van der Waals surface area contributed by atoms with Gasteiger partial charge in [-0.2, -0.15) is 0 Å². The van der Waals surface area contributed by atoms with Gasteiger partial charge in [0.25, 0.3) is 0 Å². The third kappa shape index (κ3) is 3.79. The number of nitrogen functional groups attached to an aromatic ring is 1. The zero-order valence-electron chi connectivity index (χ0n) is 18.8. The maximum Gasteiger partial charge on any atom is 0.324 e. The zero-order valence-corrected chi connectivity index (χ0v) is 18.8. The first kappa shape index (κ1) is 22.7. The van der Waals surface area contributed by atoms with Crippen molar-refractivity contribution in [1.29, 1.82) is 0 Å². The van der Waals surface area contributed by atoms with E-state index in [1.54, 1.807) is 18.3 Å². The van der Waals surface area contributed by atoms with Crippen LogP contribution in [0.5, 0.6) is 5.75 Å². The lowest BCUT2D eigenvalue weighted by atomic mass is 10.0. The third-order valence-corrected chi connectivity index (χ3v) is 5.44. The van der Waals surface area contributed by atoms with Crippen molar-refractivity contribution in [2.24, 2.45) is 5.73 Å². The number of anilines is 3. The van der Waals surface area contributed by atoms with Gasteiger partial charge in [0.05, 0.1) is 29.4 Å². The van der Waals surface area contributed by atoms with Crippen molar-refractivity contribution in [1.82, 2.24) is 14.5 Å². The summed E-state index contributed by atoms with van der Waals surface area (Å²) < 4.78 is 21.8. The molecule has 0 aliphatic heterocycles. The van der Waals surface area contributed by atoms with Crippen molar-refractivity contribution in [3.63, 3.8) is 0 Å². The van der Waals surface area contributed by atoms with E-state index < -0.39 is 11.8 Å². The Morgan fingerprint density at radius 3 is 2.50 bits per heavy atom. The number of para-hydroxylation sites is 1. The summed E-state index contributed by atoms with van der Waals surface area (Å²) in [6.07, 6.45) is 3.02. The Labute approximate surface area is 194 Å². The van der Waals surface area contributed by atoms with E-state index in [1.807, 2.05) is 18.4 Å². The predicted octanol–water partition coefficient (Wildman–Crippen LogP) is 4.19. The number of carbonyl (C=O) groups excluding carboxylic acids is 2. The van der Waals surface area contributed by atoms with Crippen LogP contribution in [0.25, 0.3) is 11.0 Å². The summed E-state index contributed by atoms with van der Waals surface area (Å²) in [5, 5.41) is 0.430. The fourth-order valence-electron chi connectivity index (χ4n) is 3.84. The lowest BCUT2D eigenvalue weighted by Crippen LogP contribution is -2.32. The van der Waals surface area contributed by atoms with Gasteiger partial charge in [0, 0.05) is 17.8 Å². The number of ether oxygens (including phenoxy) is 1. The molecule has 0 unspecified atom stereocenters. The molecule has 2 heterocycles. The highest BCUT2D eigenvalue weighted by Gasteiger charge is 2.26. The maximum atomic E-state index is 14.6. The Morgan fingerprint density at radius 1 is 1.12 bits per heavy atom. The molecule has 0 saturated carbocycles. The van der Waals surface area contributed by atoms with Crippen molar-refractivity contribution in [3.05, 3.63) is 71.9 Å². The average molecular weight is 462 g/mol. The normalized spacial score (nSPS) is 11.1. The number of primary amides is 1. The molecule has 0 aliphatic carbocycles. The second kappa shape index (κ2) is 8.81. The number of methoxy groups -OCH3 is 1. The van der Waals surface area contributed by atoms with Crippen molar-refractivity contribution < 1.29 is 18.7 Å². The number of rotatable bonds is 6. The largest absolute Gasteiger partial charge is 0.495 e. The Bertz CT molecular complexity index is 1420. The van der Waals surface area contributed by atoms with Gasteiger partial charge in [-0.3, -0.25) is 9.69 Å². The van der Waals surface area contributed by atoms with Gasteiger partial charge < -0.3 is 20.8 Å². The number of aromatic nitrogens is 3. The van der Waals surface area contributed by atoms with Crippen LogP contribution in [0.15, 0.2) is 55.0 Å². The first-order valence-corrected chi connectivity index (χ1v) is 10.4. The number of amides is 2. The average Bonchev–Trinajstić information content (AvgIpc) is 3.21. The molecule has 2 aromatic carbocycles. The first-order chi connectivity index (χ1) is 16.2. The summed E-state index contributed by atoms with van der Waals surface area (Å²) in [5.74, 6) is -0.643. The standard InChI is InChI=1S/C24H23FN6O3/c1-13(2)30-11-15(20-22(26)28-12-29-23(20)30)21(32)14-8-9-19(34-3)18(10-14)31(24(27)33)17-7-5-4-6-16(17)25/h4-13H,1-3H3,(H2,27,33)(H2,26,28,29). The van der Waals surface area contributed by atoms with Gasteiger partial charge in [0.15, 0.2) is 5.78 Å². The number of nitrogens with two attached hydrogens (primary N) is 2. The number of fused-ring (bicyclic) bond motifs is 1. The Hall–Kier alpha value is -4.47. The zero-order chi connectivity index (χ0) is 24.6. The molecular weight excluding hydrogens is 439 g/mol. The van der Waals surface area contributed by atoms with Crippen molar-refractivity contribution >= 4 is 40.0 Å². The number of carbonyl (C=O) groups is 2. The van der Waals surface area contributed by atoms with Crippen molar-refractivity contribution in [3.8, 4) is 5.75 Å². The molecule has 0 bridgehead atoms. The van der Waals surface area contributed by atoms with Crippen LogP contribution in [-0.2, 0) is 0 Å². The van der Waals surface area contributed by atoms with Gasteiger partial charge in [-0.05, 0) is 44.2 Å². The van der Waals surface area contributed by atoms with E-state index in [4.69, 9.17) is 16.2 Å². The summed E-state index contributed by atoms with van der Waals surface area (Å²) in [4.78, 5) is 35.3. The number of hydrogen-bond donors (Lipinski definition) is 2. The van der Waals surface area contributed by atoms with Crippen LogP contribution in [0.3, 0.4) is 0 Å². The SMILES string of the molecule is COc1ccc(C(=O)c2cn(C(C)C)c3ncnc(N)c23)cc1N(C(N)=O)c1ccccc1F. The predicted molar refractivity (Wildman–Crippen MR) is 127 cm³/mol. The molecule has 0 saturated heterocycles. The van der Waals surface area contributed by atoms with Crippen LogP contribution in [0, 0.1) is 5.82 Å². The van der Waals surface area contributed by atoms with E-state index in [1.165, 1.54) is 43.8 Å². The van der Waals surface area contributed by atoms with Crippen LogP contribution in [0.2, 0.25) is 0 Å².